The number of halogens is 1. The Labute approximate surface area is 194 Å². The van der Waals surface area contributed by atoms with Crippen LogP contribution in [0.5, 0.6) is 11.5 Å². The number of aromatic nitrogens is 1. The van der Waals surface area contributed by atoms with Gasteiger partial charge in [-0.1, -0.05) is 18.2 Å². The number of hydrogen-bond acceptors (Lipinski definition) is 6. The summed E-state index contributed by atoms with van der Waals surface area (Å²) in [4.78, 5) is 31.2. The van der Waals surface area contributed by atoms with Crippen molar-refractivity contribution in [1.29, 1.82) is 0 Å². The molecule has 0 saturated heterocycles. The molecule has 4 rings (SSSR count). The molecule has 10 heteroatoms. The Morgan fingerprint density at radius 2 is 1.97 bits per heavy atom. The van der Waals surface area contributed by atoms with Crippen molar-refractivity contribution in [1.82, 2.24) is 15.2 Å². The average Bonchev–Trinajstić information content (AvgIpc) is 3.46. The number of urea groups is 1. The number of fused-ring (bicyclic) bond motifs is 1. The Balaban J connectivity index is 1.36. The van der Waals surface area contributed by atoms with Gasteiger partial charge in [-0.25, -0.2) is 14.2 Å². The highest BCUT2D eigenvalue weighted by atomic mass is 32.1. The smallest absolute Gasteiger partial charge is 0.322 e. The van der Waals surface area contributed by atoms with Crippen molar-refractivity contribution in [2.45, 2.75) is 33.0 Å². The van der Waals surface area contributed by atoms with Crippen LogP contribution in [0, 0.1) is 5.82 Å². The summed E-state index contributed by atoms with van der Waals surface area (Å²) in [5.41, 5.74) is 1.25. The number of hydrogen-bond donors (Lipinski definition) is 2. The third-order valence-corrected chi connectivity index (χ3v) is 5.81. The summed E-state index contributed by atoms with van der Waals surface area (Å²) < 4.78 is 24.5. The average molecular weight is 471 g/mol. The van der Waals surface area contributed by atoms with E-state index in [0.717, 1.165) is 5.56 Å². The second-order valence-corrected chi connectivity index (χ2v) is 8.57. The molecule has 2 aromatic carbocycles. The number of para-hydroxylation sites is 1. The molecule has 3 aromatic rings. The number of carbonyl (C=O) groups excluding carboxylic acids is 2. The molecule has 3 amide bonds. The SMILES string of the molecule is CC(C)N(Cc1nc(C(=O)NCc2ccc3c(c2)OCO3)cs1)C(=O)Nc1ccccc1F. The van der Waals surface area contributed by atoms with Crippen LogP contribution in [0.1, 0.15) is 34.9 Å². The molecular weight excluding hydrogens is 447 g/mol. The van der Waals surface area contributed by atoms with Crippen molar-refractivity contribution < 1.29 is 23.5 Å². The Hall–Kier alpha value is -3.66. The first-order chi connectivity index (χ1) is 15.9. The summed E-state index contributed by atoms with van der Waals surface area (Å²) in [6.45, 7) is 4.41. The Morgan fingerprint density at radius 1 is 1.18 bits per heavy atom. The molecular formula is C23H23FN4O4S. The minimum absolute atomic E-state index is 0.107. The van der Waals surface area contributed by atoms with E-state index in [4.69, 9.17) is 9.47 Å². The first-order valence-electron chi connectivity index (χ1n) is 10.3. The van der Waals surface area contributed by atoms with Gasteiger partial charge in [-0.05, 0) is 43.7 Å². The predicted octanol–water partition coefficient (Wildman–Crippen LogP) is 4.38. The molecule has 33 heavy (non-hydrogen) atoms. The molecule has 1 aliphatic heterocycles. The molecule has 2 heterocycles. The summed E-state index contributed by atoms with van der Waals surface area (Å²) in [6, 6.07) is 10.9. The standard InChI is InChI=1S/C23H23FN4O4S/c1-14(2)28(23(30)27-17-6-4-3-5-16(17)24)11-21-26-18(12-33-21)22(29)25-10-15-7-8-19-20(9-15)32-13-31-19/h3-9,12,14H,10-11,13H2,1-2H3,(H,25,29)(H,27,30). The zero-order chi connectivity index (χ0) is 23.4. The van der Waals surface area contributed by atoms with E-state index in [2.05, 4.69) is 15.6 Å². The lowest BCUT2D eigenvalue weighted by Gasteiger charge is -2.26. The Bertz CT molecular complexity index is 1170. The molecule has 8 nitrogen and oxygen atoms in total. The highest BCUT2D eigenvalue weighted by Crippen LogP contribution is 2.32. The van der Waals surface area contributed by atoms with Crippen molar-refractivity contribution in [2.24, 2.45) is 0 Å². The van der Waals surface area contributed by atoms with Crippen LogP contribution in [0.3, 0.4) is 0 Å². The quantitative estimate of drug-likeness (QED) is 0.535. The fourth-order valence-electron chi connectivity index (χ4n) is 3.20. The van der Waals surface area contributed by atoms with E-state index in [1.165, 1.54) is 28.4 Å². The molecule has 0 fully saturated rings. The van der Waals surface area contributed by atoms with Crippen molar-refractivity contribution in [3.8, 4) is 11.5 Å². The summed E-state index contributed by atoms with van der Waals surface area (Å²) in [6.07, 6.45) is 0. The van der Waals surface area contributed by atoms with E-state index in [-0.39, 0.29) is 36.7 Å². The van der Waals surface area contributed by atoms with Crippen LogP contribution in [0.15, 0.2) is 47.8 Å². The van der Waals surface area contributed by atoms with E-state index in [1.807, 2.05) is 26.0 Å². The number of anilines is 1. The van der Waals surface area contributed by atoms with Gasteiger partial charge in [0.05, 0.1) is 12.2 Å². The minimum atomic E-state index is -0.509. The van der Waals surface area contributed by atoms with Crippen LogP contribution < -0.4 is 20.1 Å². The van der Waals surface area contributed by atoms with Gasteiger partial charge in [-0.15, -0.1) is 11.3 Å². The van der Waals surface area contributed by atoms with Gasteiger partial charge in [0.25, 0.3) is 5.91 Å². The number of benzene rings is 2. The van der Waals surface area contributed by atoms with Gasteiger partial charge in [-0.3, -0.25) is 4.79 Å². The van der Waals surface area contributed by atoms with Gasteiger partial charge in [0.2, 0.25) is 6.79 Å². The van der Waals surface area contributed by atoms with E-state index >= 15 is 0 Å². The van der Waals surface area contributed by atoms with Crippen LogP contribution in [-0.2, 0) is 13.1 Å². The van der Waals surface area contributed by atoms with E-state index in [9.17, 15) is 14.0 Å². The molecule has 1 aliphatic rings. The van der Waals surface area contributed by atoms with Gasteiger partial charge >= 0.3 is 6.03 Å². The number of ether oxygens (including phenoxy) is 2. The molecule has 0 saturated carbocycles. The zero-order valence-electron chi connectivity index (χ0n) is 18.1. The van der Waals surface area contributed by atoms with Crippen LogP contribution in [0.25, 0.3) is 0 Å². The molecule has 1 aromatic heterocycles. The van der Waals surface area contributed by atoms with Gasteiger partial charge in [0.15, 0.2) is 11.5 Å². The summed E-state index contributed by atoms with van der Waals surface area (Å²) >= 11 is 1.28. The summed E-state index contributed by atoms with van der Waals surface area (Å²) in [7, 11) is 0. The van der Waals surface area contributed by atoms with E-state index in [1.54, 1.807) is 23.6 Å². The van der Waals surface area contributed by atoms with E-state index < -0.39 is 11.8 Å². The van der Waals surface area contributed by atoms with Crippen LogP contribution in [0.2, 0.25) is 0 Å². The number of amides is 3. The van der Waals surface area contributed by atoms with E-state index in [0.29, 0.717) is 23.1 Å². The van der Waals surface area contributed by atoms with Crippen molar-refractivity contribution in [3.63, 3.8) is 0 Å². The highest BCUT2D eigenvalue weighted by Gasteiger charge is 2.21. The molecule has 0 radical (unpaired) electrons. The molecule has 0 atom stereocenters. The van der Waals surface area contributed by atoms with Gasteiger partial charge in [-0.2, -0.15) is 0 Å². The third-order valence-electron chi connectivity index (χ3n) is 4.98. The third kappa shape index (κ3) is 5.40. The molecule has 2 N–H and O–H groups in total. The highest BCUT2D eigenvalue weighted by molar-refractivity contribution is 7.09. The van der Waals surface area contributed by atoms with Crippen molar-refractivity contribution in [3.05, 3.63) is 69.9 Å². The van der Waals surface area contributed by atoms with Gasteiger partial charge < -0.3 is 25.0 Å². The maximum absolute atomic E-state index is 13.9. The predicted molar refractivity (Wildman–Crippen MR) is 122 cm³/mol. The number of carbonyl (C=O) groups is 2. The number of thiazole rings is 1. The normalized spacial score (nSPS) is 12.0. The number of nitrogens with zero attached hydrogens (tertiary/aromatic N) is 2. The molecule has 0 spiro atoms. The van der Waals surface area contributed by atoms with Gasteiger partial charge in [0.1, 0.15) is 16.5 Å². The maximum Gasteiger partial charge on any atom is 0.322 e. The summed E-state index contributed by atoms with van der Waals surface area (Å²) in [5.74, 6) is 0.510. The molecule has 0 aliphatic carbocycles. The van der Waals surface area contributed by atoms with Crippen LogP contribution in [0.4, 0.5) is 14.9 Å². The molecule has 0 unspecified atom stereocenters. The van der Waals surface area contributed by atoms with Crippen molar-refractivity contribution >= 4 is 29.0 Å². The Morgan fingerprint density at radius 3 is 2.76 bits per heavy atom. The second kappa shape index (κ2) is 9.86. The lowest BCUT2D eigenvalue weighted by Crippen LogP contribution is -2.39. The lowest BCUT2D eigenvalue weighted by molar-refractivity contribution is 0.0946. The van der Waals surface area contributed by atoms with Crippen LogP contribution >= 0.6 is 11.3 Å². The van der Waals surface area contributed by atoms with Crippen molar-refractivity contribution in [2.75, 3.05) is 12.1 Å². The fourth-order valence-corrected chi connectivity index (χ4v) is 3.97. The number of nitrogens with one attached hydrogen (secondary N) is 2. The summed E-state index contributed by atoms with van der Waals surface area (Å²) in [5, 5.41) is 7.67. The Kier molecular flexibility index (Phi) is 6.74. The fraction of sp³-hybridized carbons (Fsp3) is 0.261. The lowest BCUT2D eigenvalue weighted by atomic mass is 10.2. The largest absolute Gasteiger partial charge is 0.454 e. The minimum Gasteiger partial charge on any atom is -0.454 e. The molecule has 172 valence electrons. The number of rotatable bonds is 7. The topological polar surface area (TPSA) is 92.8 Å². The second-order valence-electron chi connectivity index (χ2n) is 7.63. The monoisotopic (exact) mass is 470 g/mol. The maximum atomic E-state index is 13.9. The first kappa shape index (κ1) is 22.5. The zero-order valence-corrected chi connectivity index (χ0v) is 18.9. The van der Waals surface area contributed by atoms with Gasteiger partial charge in [0, 0.05) is 18.0 Å². The molecule has 0 bridgehead atoms. The first-order valence-corrected chi connectivity index (χ1v) is 11.2. The van der Waals surface area contributed by atoms with Crippen LogP contribution in [-0.4, -0.2) is 34.7 Å².